The van der Waals surface area contributed by atoms with Crippen molar-refractivity contribution in [2.45, 2.75) is 26.2 Å². The Labute approximate surface area is 176 Å². The second kappa shape index (κ2) is 9.70. The van der Waals surface area contributed by atoms with Crippen molar-refractivity contribution < 1.29 is 14.4 Å². The van der Waals surface area contributed by atoms with Crippen LogP contribution in [0.3, 0.4) is 0 Å². The number of ketones is 1. The first-order valence-corrected chi connectivity index (χ1v) is 10.2. The molecule has 0 aromatic heterocycles. The molecule has 0 unspecified atom stereocenters. The highest BCUT2D eigenvalue weighted by Gasteiger charge is 2.24. The number of halogens is 1. The average molecular weight is 413 g/mol. The minimum atomic E-state index is -0.0322. The first kappa shape index (κ1) is 21.1. The van der Waals surface area contributed by atoms with Crippen LogP contribution in [0.5, 0.6) is 0 Å². The number of rotatable bonds is 6. The molecule has 0 saturated carbocycles. The van der Waals surface area contributed by atoms with E-state index in [-0.39, 0.29) is 30.4 Å². The lowest BCUT2D eigenvalue weighted by Gasteiger charge is -2.35. The van der Waals surface area contributed by atoms with Crippen LogP contribution in [0, 0.1) is 6.92 Å². The van der Waals surface area contributed by atoms with Crippen LogP contribution in [0.15, 0.2) is 48.5 Å². The summed E-state index contributed by atoms with van der Waals surface area (Å²) in [5.41, 5.74) is 2.66. The van der Waals surface area contributed by atoms with Crippen molar-refractivity contribution in [3.8, 4) is 0 Å². The molecule has 0 N–H and O–H groups in total. The molecule has 0 aliphatic carbocycles. The number of carbonyl (C=O) groups excluding carboxylic acids is 3. The van der Waals surface area contributed by atoms with Crippen LogP contribution in [-0.4, -0.2) is 53.6 Å². The fourth-order valence-electron chi connectivity index (χ4n) is 3.36. The Balaban J connectivity index is 1.43. The van der Waals surface area contributed by atoms with E-state index in [0.717, 1.165) is 11.1 Å². The average Bonchev–Trinajstić information content (AvgIpc) is 2.74. The highest BCUT2D eigenvalue weighted by atomic mass is 35.5. The van der Waals surface area contributed by atoms with Crippen LogP contribution in [0.4, 0.5) is 0 Å². The van der Waals surface area contributed by atoms with E-state index in [1.807, 2.05) is 31.2 Å². The molecule has 152 valence electrons. The van der Waals surface area contributed by atoms with Crippen molar-refractivity contribution in [2.24, 2.45) is 0 Å². The Morgan fingerprint density at radius 2 is 1.34 bits per heavy atom. The van der Waals surface area contributed by atoms with Crippen LogP contribution in [-0.2, 0) is 16.0 Å². The van der Waals surface area contributed by atoms with Crippen molar-refractivity contribution in [1.82, 2.24) is 9.80 Å². The van der Waals surface area contributed by atoms with E-state index >= 15 is 0 Å². The minimum absolute atomic E-state index is 0.0184. The topological polar surface area (TPSA) is 57.7 Å². The number of amides is 2. The molecule has 1 saturated heterocycles. The van der Waals surface area contributed by atoms with E-state index in [4.69, 9.17) is 11.6 Å². The number of aryl methyl sites for hydroxylation is 1. The van der Waals surface area contributed by atoms with Gasteiger partial charge in [0, 0.05) is 49.6 Å². The molecule has 6 heteroatoms. The maximum Gasteiger partial charge on any atom is 0.227 e. The third-order valence-corrected chi connectivity index (χ3v) is 5.45. The maximum absolute atomic E-state index is 12.5. The molecule has 2 aromatic carbocycles. The number of nitrogens with zero attached hydrogens (tertiary/aromatic N) is 2. The van der Waals surface area contributed by atoms with Gasteiger partial charge in [0.05, 0.1) is 6.42 Å². The van der Waals surface area contributed by atoms with Gasteiger partial charge >= 0.3 is 0 Å². The second-order valence-corrected chi connectivity index (χ2v) is 7.79. The van der Waals surface area contributed by atoms with Crippen LogP contribution in [0.2, 0.25) is 5.02 Å². The monoisotopic (exact) mass is 412 g/mol. The van der Waals surface area contributed by atoms with E-state index in [1.54, 1.807) is 34.1 Å². The smallest absolute Gasteiger partial charge is 0.227 e. The summed E-state index contributed by atoms with van der Waals surface area (Å²) in [5.74, 6) is -0.000592. The molecule has 2 amide bonds. The molecule has 0 atom stereocenters. The first-order chi connectivity index (χ1) is 13.9. The Hall–Kier alpha value is -2.66. The Morgan fingerprint density at radius 3 is 1.93 bits per heavy atom. The van der Waals surface area contributed by atoms with Gasteiger partial charge in [0.1, 0.15) is 0 Å². The molecule has 1 heterocycles. The molecule has 29 heavy (non-hydrogen) atoms. The Kier molecular flexibility index (Phi) is 7.04. The van der Waals surface area contributed by atoms with Gasteiger partial charge in [0.15, 0.2) is 5.78 Å². The standard InChI is InChI=1S/C23H25ClN2O3/c1-17-2-6-19(7-3-17)21(27)10-11-22(28)25-12-14-26(15-13-25)23(29)16-18-4-8-20(24)9-5-18/h2-9H,10-16H2,1H3. The zero-order valence-corrected chi connectivity index (χ0v) is 17.3. The lowest BCUT2D eigenvalue weighted by atomic mass is 10.0. The van der Waals surface area contributed by atoms with Crippen LogP contribution < -0.4 is 0 Å². The van der Waals surface area contributed by atoms with Gasteiger partial charge in [-0.15, -0.1) is 0 Å². The summed E-state index contributed by atoms with van der Waals surface area (Å²) < 4.78 is 0. The van der Waals surface area contributed by atoms with Crippen molar-refractivity contribution >= 4 is 29.2 Å². The Bertz CT molecular complexity index is 870. The van der Waals surface area contributed by atoms with Gasteiger partial charge in [-0.05, 0) is 24.6 Å². The van der Waals surface area contributed by atoms with Crippen molar-refractivity contribution in [3.63, 3.8) is 0 Å². The quantitative estimate of drug-likeness (QED) is 0.682. The molecule has 0 radical (unpaired) electrons. The highest BCUT2D eigenvalue weighted by molar-refractivity contribution is 6.30. The summed E-state index contributed by atoms with van der Waals surface area (Å²) in [4.78, 5) is 40.7. The molecule has 1 aliphatic heterocycles. The van der Waals surface area contributed by atoms with Crippen LogP contribution >= 0.6 is 11.6 Å². The third-order valence-electron chi connectivity index (χ3n) is 5.19. The number of carbonyl (C=O) groups is 3. The molecule has 5 nitrogen and oxygen atoms in total. The molecule has 1 aliphatic rings. The van der Waals surface area contributed by atoms with Crippen molar-refractivity contribution in [3.05, 3.63) is 70.2 Å². The first-order valence-electron chi connectivity index (χ1n) is 9.82. The number of Topliss-reactive ketones (excluding diaryl/α,β-unsaturated/α-hetero) is 1. The van der Waals surface area contributed by atoms with Crippen molar-refractivity contribution in [1.29, 1.82) is 0 Å². The highest BCUT2D eigenvalue weighted by Crippen LogP contribution is 2.13. The number of hydrogen-bond donors (Lipinski definition) is 0. The predicted octanol–water partition coefficient (Wildman–Crippen LogP) is 3.52. The SMILES string of the molecule is Cc1ccc(C(=O)CCC(=O)N2CCN(C(=O)Cc3ccc(Cl)cc3)CC2)cc1. The van der Waals surface area contributed by atoms with Gasteiger partial charge in [-0.1, -0.05) is 53.6 Å². The van der Waals surface area contributed by atoms with Gasteiger partial charge in [-0.25, -0.2) is 0 Å². The van der Waals surface area contributed by atoms with E-state index in [0.29, 0.717) is 43.2 Å². The summed E-state index contributed by atoms with van der Waals surface area (Å²) in [6.45, 7) is 4.01. The summed E-state index contributed by atoms with van der Waals surface area (Å²) >= 11 is 5.87. The number of hydrogen-bond acceptors (Lipinski definition) is 3. The van der Waals surface area contributed by atoms with E-state index < -0.39 is 0 Å². The molecule has 0 spiro atoms. The molecule has 2 aromatic rings. The lowest BCUT2D eigenvalue weighted by Crippen LogP contribution is -2.51. The molecule has 3 rings (SSSR count). The summed E-state index contributed by atoms with van der Waals surface area (Å²) in [5, 5.41) is 0.647. The zero-order chi connectivity index (χ0) is 20.8. The van der Waals surface area contributed by atoms with E-state index in [1.165, 1.54) is 0 Å². The third kappa shape index (κ3) is 5.91. The minimum Gasteiger partial charge on any atom is -0.339 e. The fourth-order valence-corrected chi connectivity index (χ4v) is 3.48. The largest absolute Gasteiger partial charge is 0.339 e. The van der Waals surface area contributed by atoms with Crippen LogP contribution in [0.25, 0.3) is 0 Å². The zero-order valence-electron chi connectivity index (χ0n) is 16.6. The van der Waals surface area contributed by atoms with E-state index in [9.17, 15) is 14.4 Å². The fraction of sp³-hybridized carbons (Fsp3) is 0.348. The second-order valence-electron chi connectivity index (χ2n) is 7.35. The van der Waals surface area contributed by atoms with Gasteiger partial charge in [0.25, 0.3) is 0 Å². The van der Waals surface area contributed by atoms with E-state index in [2.05, 4.69) is 0 Å². The Morgan fingerprint density at radius 1 is 0.793 bits per heavy atom. The summed E-state index contributed by atoms with van der Waals surface area (Å²) in [7, 11) is 0. The van der Waals surface area contributed by atoms with Gasteiger partial charge in [-0.3, -0.25) is 14.4 Å². The predicted molar refractivity (Wildman–Crippen MR) is 113 cm³/mol. The molecular weight excluding hydrogens is 388 g/mol. The molecular formula is C23H25ClN2O3. The summed E-state index contributed by atoms with van der Waals surface area (Å²) in [6, 6.07) is 14.7. The number of piperazine rings is 1. The van der Waals surface area contributed by atoms with Gasteiger partial charge in [-0.2, -0.15) is 0 Å². The van der Waals surface area contributed by atoms with Gasteiger partial charge in [0.2, 0.25) is 11.8 Å². The molecule has 1 fully saturated rings. The van der Waals surface area contributed by atoms with Crippen LogP contribution in [0.1, 0.15) is 34.3 Å². The number of benzene rings is 2. The van der Waals surface area contributed by atoms with Gasteiger partial charge < -0.3 is 9.80 Å². The lowest BCUT2D eigenvalue weighted by molar-refractivity contribution is -0.139. The summed E-state index contributed by atoms with van der Waals surface area (Å²) in [6.07, 6.45) is 0.735. The molecule has 0 bridgehead atoms. The maximum atomic E-state index is 12.5. The van der Waals surface area contributed by atoms with Crippen molar-refractivity contribution in [2.75, 3.05) is 26.2 Å². The normalized spacial score (nSPS) is 14.0.